The smallest absolute Gasteiger partial charge is 0.164 e. The average molecular weight is 836 g/mol. The molecule has 0 unspecified atom stereocenters. The summed E-state index contributed by atoms with van der Waals surface area (Å²) in [5, 5.41) is 2.55. The number of fused-ring (bicyclic) bond motifs is 6. The number of hydrogen-bond acceptors (Lipinski definition) is 4. The van der Waals surface area contributed by atoms with Gasteiger partial charge in [0.05, 0.1) is 0 Å². The van der Waals surface area contributed by atoms with Gasteiger partial charge in [0.15, 0.2) is 17.5 Å². The van der Waals surface area contributed by atoms with Crippen molar-refractivity contribution in [3.8, 4) is 89.8 Å². The second kappa shape index (κ2) is 15.2. The molecule has 2 heterocycles. The molecule has 1 aliphatic carbocycles. The Kier molecular flexibility index (Phi) is 9.03. The second-order valence-electron chi connectivity index (χ2n) is 17.2. The highest BCUT2D eigenvalue weighted by Gasteiger charge is 2.35. The average Bonchev–Trinajstić information content (AvgIpc) is 3.85. The monoisotopic (exact) mass is 835 g/mol. The molecular formula is C60H41N3S. The van der Waals surface area contributed by atoms with Gasteiger partial charge in [-0.1, -0.05) is 202 Å². The van der Waals surface area contributed by atoms with Crippen molar-refractivity contribution in [2.24, 2.45) is 0 Å². The number of hydrogen-bond donors (Lipinski definition) is 0. The molecule has 0 bridgehead atoms. The highest BCUT2D eigenvalue weighted by molar-refractivity contribution is 7.26. The van der Waals surface area contributed by atoms with E-state index in [4.69, 9.17) is 15.0 Å². The fraction of sp³-hybridized carbons (Fsp3) is 0.0500. The van der Waals surface area contributed by atoms with E-state index >= 15 is 0 Å². The van der Waals surface area contributed by atoms with Crippen LogP contribution in [0, 0.1) is 0 Å². The normalized spacial score (nSPS) is 12.7. The number of nitrogens with zero attached hydrogens (tertiary/aromatic N) is 3. The first-order chi connectivity index (χ1) is 31.5. The van der Waals surface area contributed by atoms with Crippen molar-refractivity contribution in [2.45, 2.75) is 19.3 Å². The SMILES string of the molecule is CC1(C)c2ccccc2-c2cc(-c3ccccc3-c3nc(-c4ccccc4)nc(-c4ccc(-c5cccc6sc7ccc(-c8ccc(-c9ccccc9)cc8)cc7c56)cc4)n3)ccc21. The molecule has 11 aromatic rings. The lowest BCUT2D eigenvalue weighted by atomic mass is 9.82. The van der Waals surface area contributed by atoms with Crippen LogP contribution in [0.1, 0.15) is 25.0 Å². The van der Waals surface area contributed by atoms with Crippen molar-refractivity contribution in [3.63, 3.8) is 0 Å². The Labute approximate surface area is 377 Å². The number of benzene rings is 9. The largest absolute Gasteiger partial charge is 0.208 e. The van der Waals surface area contributed by atoms with Crippen molar-refractivity contribution < 1.29 is 0 Å². The molecule has 9 aromatic carbocycles. The minimum absolute atomic E-state index is 0.0582. The molecule has 0 spiro atoms. The number of thiophene rings is 1. The van der Waals surface area contributed by atoms with Crippen molar-refractivity contribution >= 4 is 31.5 Å². The van der Waals surface area contributed by atoms with Gasteiger partial charge in [-0.3, -0.25) is 0 Å². The summed E-state index contributed by atoms with van der Waals surface area (Å²) in [7, 11) is 0. The predicted octanol–water partition coefficient (Wildman–Crippen LogP) is 16.2. The predicted molar refractivity (Wildman–Crippen MR) is 268 cm³/mol. The van der Waals surface area contributed by atoms with Gasteiger partial charge in [0.2, 0.25) is 0 Å². The van der Waals surface area contributed by atoms with Gasteiger partial charge in [-0.2, -0.15) is 0 Å². The third-order valence-corrected chi connectivity index (χ3v) is 14.1. The van der Waals surface area contributed by atoms with Crippen LogP contribution in [0.5, 0.6) is 0 Å². The molecule has 0 atom stereocenters. The Morgan fingerprint density at radius 1 is 0.312 bits per heavy atom. The highest BCUT2D eigenvalue weighted by atomic mass is 32.1. The number of rotatable bonds is 7. The summed E-state index contributed by atoms with van der Waals surface area (Å²) in [6.45, 7) is 4.64. The first-order valence-electron chi connectivity index (χ1n) is 21.8. The molecule has 302 valence electrons. The van der Waals surface area contributed by atoms with E-state index in [-0.39, 0.29) is 5.41 Å². The van der Waals surface area contributed by atoms with Crippen molar-refractivity contribution in [1.82, 2.24) is 15.0 Å². The Morgan fingerprint density at radius 2 is 0.812 bits per heavy atom. The van der Waals surface area contributed by atoms with Gasteiger partial charge in [-0.25, -0.2) is 15.0 Å². The van der Waals surface area contributed by atoms with E-state index in [0.717, 1.165) is 33.4 Å². The van der Waals surface area contributed by atoms with E-state index in [1.54, 1.807) is 0 Å². The zero-order valence-electron chi connectivity index (χ0n) is 35.5. The van der Waals surface area contributed by atoms with E-state index in [1.165, 1.54) is 70.2 Å². The van der Waals surface area contributed by atoms with Crippen LogP contribution in [0.15, 0.2) is 212 Å². The van der Waals surface area contributed by atoms with Gasteiger partial charge >= 0.3 is 0 Å². The maximum atomic E-state index is 5.24. The Bertz CT molecular complexity index is 3550. The first-order valence-corrected chi connectivity index (χ1v) is 22.7. The zero-order valence-corrected chi connectivity index (χ0v) is 36.3. The zero-order chi connectivity index (χ0) is 42.8. The van der Waals surface area contributed by atoms with Gasteiger partial charge in [0.1, 0.15) is 0 Å². The minimum Gasteiger partial charge on any atom is -0.208 e. The maximum Gasteiger partial charge on any atom is 0.164 e. The van der Waals surface area contributed by atoms with Crippen molar-refractivity contribution in [1.29, 1.82) is 0 Å². The van der Waals surface area contributed by atoms with E-state index in [1.807, 2.05) is 29.5 Å². The molecule has 1 aliphatic rings. The van der Waals surface area contributed by atoms with Gasteiger partial charge in [-0.05, 0) is 91.0 Å². The third-order valence-electron chi connectivity index (χ3n) is 13.0. The van der Waals surface area contributed by atoms with Crippen LogP contribution in [0.25, 0.3) is 110 Å². The van der Waals surface area contributed by atoms with Crippen LogP contribution in [0.4, 0.5) is 0 Å². The molecule has 64 heavy (non-hydrogen) atoms. The van der Waals surface area contributed by atoms with Gasteiger partial charge in [-0.15, -0.1) is 11.3 Å². The molecule has 0 amide bonds. The van der Waals surface area contributed by atoms with Crippen LogP contribution in [-0.4, -0.2) is 15.0 Å². The first kappa shape index (κ1) is 37.9. The molecule has 0 N–H and O–H groups in total. The van der Waals surface area contributed by atoms with Crippen LogP contribution in [0.3, 0.4) is 0 Å². The maximum absolute atomic E-state index is 5.24. The van der Waals surface area contributed by atoms with Crippen molar-refractivity contribution in [2.75, 3.05) is 0 Å². The summed E-state index contributed by atoms with van der Waals surface area (Å²) in [6, 6.07) is 76.2. The van der Waals surface area contributed by atoms with Gasteiger partial charge in [0, 0.05) is 42.3 Å². The number of aromatic nitrogens is 3. The summed E-state index contributed by atoms with van der Waals surface area (Å²) < 4.78 is 2.56. The fourth-order valence-electron chi connectivity index (χ4n) is 9.69. The lowest BCUT2D eigenvalue weighted by molar-refractivity contribution is 0.660. The van der Waals surface area contributed by atoms with Gasteiger partial charge in [0.25, 0.3) is 0 Å². The lowest BCUT2D eigenvalue weighted by Crippen LogP contribution is -2.14. The van der Waals surface area contributed by atoms with E-state index in [0.29, 0.717) is 17.5 Å². The fourth-order valence-corrected chi connectivity index (χ4v) is 10.8. The third kappa shape index (κ3) is 6.45. The Balaban J connectivity index is 0.927. The Morgan fingerprint density at radius 3 is 1.55 bits per heavy atom. The molecule has 0 aliphatic heterocycles. The molecule has 3 nitrogen and oxygen atoms in total. The van der Waals surface area contributed by atoms with Gasteiger partial charge < -0.3 is 0 Å². The summed E-state index contributed by atoms with van der Waals surface area (Å²) in [6.07, 6.45) is 0. The quantitative estimate of drug-likeness (QED) is 0.161. The standard InChI is InChI=1S/C60H41N3S/c1-60(2)52-22-12-11-19-48(52)50-37-45(32-34-53(50)60)46-18-9-10-20-49(46)59-62-57(42-16-7-4-8-17-42)61-58(63-59)43-30-28-41(29-31-43)47-21-13-23-55-56(47)51-36-44(33-35-54(51)64-55)40-26-24-39(25-27-40)38-14-5-3-6-15-38/h3-37H,1-2H3. The Hall–Kier alpha value is -7.79. The van der Waals surface area contributed by atoms with Crippen molar-refractivity contribution in [3.05, 3.63) is 223 Å². The minimum atomic E-state index is -0.0582. The summed E-state index contributed by atoms with van der Waals surface area (Å²) in [5.41, 5.74) is 17.5. The summed E-state index contributed by atoms with van der Waals surface area (Å²) in [4.78, 5) is 15.5. The molecule has 0 saturated carbocycles. The topological polar surface area (TPSA) is 38.7 Å². The molecule has 2 aromatic heterocycles. The van der Waals surface area contributed by atoms with E-state index in [9.17, 15) is 0 Å². The summed E-state index contributed by atoms with van der Waals surface area (Å²) >= 11 is 1.85. The highest BCUT2D eigenvalue weighted by Crippen LogP contribution is 2.50. The second-order valence-corrected chi connectivity index (χ2v) is 18.2. The molecule has 12 rings (SSSR count). The van der Waals surface area contributed by atoms with E-state index < -0.39 is 0 Å². The van der Waals surface area contributed by atoms with Crippen LogP contribution in [0.2, 0.25) is 0 Å². The summed E-state index contributed by atoms with van der Waals surface area (Å²) in [5.74, 6) is 1.92. The molecule has 0 saturated heterocycles. The molecule has 0 radical (unpaired) electrons. The van der Waals surface area contributed by atoms with Crippen LogP contribution in [-0.2, 0) is 5.41 Å². The van der Waals surface area contributed by atoms with Crippen LogP contribution < -0.4 is 0 Å². The lowest BCUT2D eigenvalue weighted by Gasteiger charge is -2.21. The molecular weight excluding hydrogens is 795 g/mol. The molecule has 0 fully saturated rings. The van der Waals surface area contributed by atoms with E-state index in [2.05, 4.69) is 208 Å². The van der Waals surface area contributed by atoms with Crippen LogP contribution >= 0.6 is 11.3 Å². The molecule has 4 heteroatoms.